The highest BCUT2D eigenvalue weighted by atomic mass is 15.0. The summed E-state index contributed by atoms with van der Waals surface area (Å²) in [4.78, 5) is 8.62. The molecule has 0 unspecified atom stereocenters. The lowest BCUT2D eigenvalue weighted by Gasteiger charge is -2.08. The Morgan fingerprint density at radius 3 is 3.07 bits per heavy atom. The Bertz CT molecular complexity index is 483. The van der Waals surface area contributed by atoms with Gasteiger partial charge in [-0.3, -0.25) is 0 Å². The second kappa shape index (κ2) is 2.54. The molecule has 1 aromatic rings. The number of hydrogen-bond donors (Lipinski definition) is 1. The van der Waals surface area contributed by atoms with Crippen molar-refractivity contribution in [3.05, 3.63) is 42.0 Å². The fraction of sp³-hybridized carbons (Fsp3) is 0.0909. The van der Waals surface area contributed by atoms with Crippen LogP contribution in [0.1, 0.15) is 11.5 Å². The van der Waals surface area contributed by atoms with Gasteiger partial charge in [-0.25, -0.2) is 9.98 Å². The van der Waals surface area contributed by atoms with Crippen LogP contribution in [-0.2, 0) is 0 Å². The number of rotatable bonds is 0. The molecular formula is C11H9N3. The summed E-state index contributed by atoms with van der Waals surface area (Å²) >= 11 is 0. The predicted octanol–water partition coefficient (Wildman–Crippen LogP) is 1.96. The minimum Gasteiger partial charge on any atom is -0.384 e. The molecule has 0 fully saturated rings. The van der Waals surface area contributed by atoms with E-state index < -0.39 is 0 Å². The van der Waals surface area contributed by atoms with Gasteiger partial charge in [-0.2, -0.15) is 0 Å². The van der Waals surface area contributed by atoms with Gasteiger partial charge < -0.3 is 5.73 Å². The van der Waals surface area contributed by atoms with Crippen LogP contribution >= 0.6 is 0 Å². The van der Waals surface area contributed by atoms with E-state index in [0.29, 0.717) is 5.82 Å². The summed E-state index contributed by atoms with van der Waals surface area (Å²) in [6.07, 6.45) is 8.17. The first-order valence-corrected chi connectivity index (χ1v) is 4.54. The van der Waals surface area contributed by atoms with Crippen molar-refractivity contribution in [3.63, 3.8) is 0 Å². The van der Waals surface area contributed by atoms with Gasteiger partial charge in [0.1, 0.15) is 5.82 Å². The van der Waals surface area contributed by atoms with Crippen LogP contribution in [0.15, 0.2) is 41.4 Å². The first-order valence-electron chi connectivity index (χ1n) is 4.54. The summed E-state index contributed by atoms with van der Waals surface area (Å²) in [5, 5.41) is 0. The molecule has 2 heterocycles. The van der Waals surface area contributed by atoms with Gasteiger partial charge >= 0.3 is 0 Å². The van der Waals surface area contributed by atoms with Gasteiger partial charge in [0, 0.05) is 11.5 Å². The highest BCUT2D eigenvalue weighted by Crippen LogP contribution is 2.36. The summed E-state index contributed by atoms with van der Waals surface area (Å²) in [7, 11) is 0. The quantitative estimate of drug-likeness (QED) is 0.668. The monoisotopic (exact) mass is 183 g/mol. The van der Waals surface area contributed by atoms with Crippen LogP contribution in [0.3, 0.4) is 0 Å². The minimum absolute atomic E-state index is 0.281. The van der Waals surface area contributed by atoms with E-state index in [0.717, 1.165) is 17.1 Å². The van der Waals surface area contributed by atoms with Crippen LogP contribution < -0.4 is 5.73 Å². The third-order valence-corrected chi connectivity index (χ3v) is 2.50. The van der Waals surface area contributed by atoms with E-state index >= 15 is 0 Å². The Labute approximate surface area is 81.7 Å². The molecule has 0 aromatic carbocycles. The van der Waals surface area contributed by atoms with Crippen molar-refractivity contribution in [1.29, 1.82) is 0 Å². The number of nitrogens with zero attached hydrogens (tertiary/aromatic N) is 2. The topological polar surface area (TPSA) is 51.3 Å². The third-order valence-electron chi connectivity index (χ3n) is 2.50. The van der Waals surface area contributed by atoms with Crippen molar-refractivity contribution >= 4 is 17.3 Å². The molecule has 0 radical (unpaired) electrons. The van der Waals surface area contributed by atoms with Crippen LogP contribution in [0.2, 0.25) is 0 Å². The summed E-state index contributed by atoms with van der Waals surface area (Å²) in [5.41, 5.74) is 7.81. The third kappa shape index (κ3) is 0.923. The highest BCUT2D eigenvalue weighted by molar-refractivity contribution is 6.07. The second-order valence-corrected chi connectivity index (χ2v) is 3.41. The molecule has 14 heavy (non-hydrogen) atoms. The molecule has 0 amide bonds. The van der Waals surface area contributed by atoms with Gasteiger partial charge in [-0.15, -0.1) is 0 Å². The SMILES string of the molecule is Nc1ccc2c(n1)N=C1C=CC=C[C@H]12. The number of fused-ring (bicyclic) bond motifs is 3. The van der Waals surface area contributed by atoms with E-state index in [-0.39, 0.29) is 5.92 Å². The van der Waals surface area contributed by atoms with Crippen molar-refractivity contribution in [2.75, 3.05) is 5.73 Å². The van der Waals surface area contributed by atoms with Gasteiger partial charge in [0.2, 0.25) is 0 Å². The summed E-state index contributed by atoms with van der Waals surface area (Å²) in [6.45, 7) is 0. The number of nitrogen functional groups attached to an aromatic ring is 1. The molecule has 2 N–H and O–H groups in total. The van der Waals surface area contributed by atoms with Crippen molar-refractivity contribution in [2.45, 2.75) is 5.92 Å². The normalized spacial score (nSPS) is 21.7. The molecule has 3 nitrogen and oxygen atoms in total. The van der Waals surface area contributed by atoms with Crippen molar-refractivity contribution in [1.82, 2.24) is 4.98 Å². The number of aromatic nitrogens is 1. The second-order valence-electron chi connectivity index (χ2n) is 3.41. The number of anilines is 1. The Hall–Kier alpha value is -1.90. The van der Waals surface area contributed by atoms with E-state index in [2.05, 4.69) is 16.1 Å². The zero-order chi connectivity index (χ0) is 9.54. The van der Waals surface area contributed by atoms with Gasteiger partial charge in [0.05, 0.1) is 5.71 Å². The Kier molecular flexibility index (Phi) is 1.36. The van der Waals surface area contributed by atoms with Crippen LogP contribution in [0.4, 0.5) is 11.6 Å². The summed E-state index contributed by atoms with van der Waals surface area (Å²) in [5.74, 6) is 1.57. The van der Waals surface area contributed by atoms with Crippen molar-refractivity contribution in [3.8, 4) is 0 Å². The molecule has 0 saturated carbocycles. The Morgan fingerprint density at radius 1 is 1.21 bits per heavy atom. The maximum Gasteiger partial charge on any atom is 0.158 e. The van der Waals surface area contributed by atoms with Crippen LogP contribution in [0.5, 0.6) is 0 Å². The van der Waals surface area contributed by atoms with Gasteiger partial charge in [0.15, 0.2) is 5.82 Å². The lowest BCUT2D eigenvalue weighted by atomic mass is 9.94. The molecule has 0 spiro atoms. The molecule has 1 aliphatic carbocycles. The van der Waals surface area contributed by atoms with Crippen molar-refractivity contribution in [2.24, 2.45) is 4.99 Å². The molecule has 0 bridgehead atoms. The molecule has 3 heteroatoms. The minimum atomic E-state index is 0.281. The van der Waals surface area contributed by atoms with Gasteiger partial charge in [0.25, 0.3) is 0 Å². The number of aliphatic imine (C=N–C) groups is 1. The fourth-order valence-corrected chi connectivity index (χ4v) is 1.83. The highest BCUT2D eigenvalue weighted by Gasteiger charge is 2.25. The lowest BCUT2D eigenvalue weighted by Crippen LogP contribution is -2.04. The molecular weight excluding hydrogens is 174 g/mol. The number of nitrogens with two attached hydrogens (primary N) is 1. The molecule has 0 saturated heterocycles. The maximum absolute atomic E-state index is 5.60. The fourth-order valence-electron chi connectivity index (χ4n) is 1.83. The average Bonchev–Trinajstić information content (AvgIpc) is 2.54. The largest absolute Gasteiger partial charge is 0.384 e. The van der Waals surface area contributed by atoms with Crippen LogP contribution in [0, 0.1) is 0 Å². The molecule has 68 valence electrons. The predicted molar refractivity (Wildman–Crippen MR) is 56.8 cm³/mol. The van der Waals surface area contributed by atoms with E-state index in [1.165, 1.54) is 0 Å². The van der Waals surface area contributed by atoms with Crippen LogP contribution in [0.25, 0.3) is 0 Å². The van der Waals surface area contributed by atoms with Crippen molar-refractivity contribution < 1.29 is 0 Å². The standard InChI is InChI=1S/C11H9N3/c12-10-6-5-8-7-3-1-2-4-9(7)13-11(8)14-10/h1-7H,(H2,12,14)/t7-/m0/s1. The van der Waals surface area contributed by atoms with E-state index in [4.69, 9.17) is 5.73 Å². The lowest BCUT2D eigenvalue weighted by molar-refractivity contribution is 1.16. The molecule has 3 rings (SSSR count). The Morgan fingerprint density at radius 2 is 2.14 bits per heavy atom. The number of hydrogen-bond acceptors (Lipinski definition) is 3. The zero-order valence-electron chi connectivity index (χ0n) is 7.51. The molecule has 1 aromatic heterocycles. The smallest absolute Gasteiger partial charge is 0.158 e. The van der Waals surface area contributed by atoms with E-state index in [9.17, 15) is 0 Å². The maximum atomic E-state index is 5.60. The molecule has 1 atom stereocenters. The van der Waals surface area contributed by atoms with E-state index in [1.54, 1.807) is 0 Å². The van der Waals surface area contributed by atoms with Crippen LogP contribution in [-0.4, -0.2) is 10.7 Å². The number of pyridine rings is 1. The van der Waals surface area contributed by atoms with Gasteiger partial charge in [-0.05, 0) is 12.1 Å². The zero-order valence-corrected chi connectivity index (χ0v) is 7.51. The van der Waals surface area contributed by atoms with E-state index in [1.807, 2.05) is 30.4 Å². The Balaban J connectivity index is 2.20. The first kappa shape index (κ1) is 7.50. The first-order chi connectivity index (χ1) is 6.84. The summed E-state index contributed by atoms with van der Waals surface area (Å²) in [6, 6.07) is 3.83. The van der Waals surface area contributed by atoms with Gasteiger partial charge in [-0.1, -0.05) is 24.3 Å². The summed E-state index contributed by atoms with van der Waals surface area (Å²) < 4.78 is 0. The number of allylic oxidation sites excluding steroid dienone is 4. The molecule has 1 aliphatic heterocycles. The molecule has 2 aliphatic rings. The average molecular weight is 183 g/mol.